The Labute approximate surface area is 107 Å². The van der Waals surface area contributed by atoms with E-state index >= 15 is 0 Å². The number of anilines is 1. The van der Waals surface area contributed by atoms with Crippen molar-refractivity contribution >= 4 is 34.6 Å². The fourth-order valence-corrected chi connectivity index (χ4v) is 1.48. The van der Waals surface area contributed by atoms with Crippen molar-refractivity contribution in [3.63, 3.8) is 0 Å². The molecule has 0 radical (unpaired) electrons. The Morgan fingerprint density at radius 3 is 2.50 bits per heavy atom. The minimum Gasteiger partial charge on any atom is -0.357 e. The van der Waals surface area contributed by atoms with E-state index in [2.05, 4.69) is 24.7 Å². The molecule has 0 heterocycles. The molecule has 0 saturated carbocycles. The molecule has 3 nitrogen and oxygen atoms in total. The van der Waals surface area contributed by atoms with Crippen molar-refractivity contribution in [1.29, 1.82) is 0 Å². The van der Waals surface area contributed by atoms with Crippen LogP contribution in [0.15, 0.2) is 24.3 Å². The summed E-state index contributed by atoms with van der Waals surface area (Å²) in [6.07, 6.45) is 0. The van der Waals surface area contributed by atoms with E-state index in [1.54, 1.807) is 0 Å². The minimum absolute atomic E-state index is 0.642. The van der Waals surface area contributed by atoms with Crippen LogP contribution < -0.4 is 15.5 Å². The van der Waals surface area contributed by atoms with Crippen LogP contribution in [0, 0.1) is 0 Å². The van der Waals surface area contributed by atoms with Gasteiger partial charge in [-0.3, -0.25) is 0 Å². The molecule has 1 rings (SSSR count). The summed E-state index contributed by atoms with van der Waals surface area (Å²) in [4.78, 5) is 1.39. The lowest BCUT2D eigenvalue weighted by molar-refractivity contribution is -0.856. The van der Waals surface area contributed by atoms with Gasteiger partial charge in [0.1, 0.15) is 0 Å². The van der Waals surface area contributed by atoms with Crippen molar-refractivity contribution in [2.75, 3.05) is 32.5 Å². The summed E-state index contributed by atoms with van der Waals surface area (Å²) in [5.74, 6) is 0. The summed E-state index contributed by atoms with van der Waals surface area (Å²) in [6, 6.07) is 7.45. The predicted octanol–water partition coefficient (Wildman–Crippen LogP) is 0.771. The molecule has 0 aliphatic rings. The zero-order valence-corrected chi connectivity index (χ0v) is 11.1. The van der Waals surface area contributed by atoms with Crippen LogP contribution in [0.4, 0.5) is 5.69 Å². The van der Waals surface area contributed by atoms with Crippen LogP contribution in [-0.2, 0) is 0 Å². The van der Waals surface area contributed by atoms with Crippen molar-refractivity contribution in [1.82, 2.24) is 5.32 Å². The standard InChI is InChI=1S/C11H16ClN3S/c1-15(2)8-7-13-11(16)14-10-5-3-9(12)4-6-10/h3-6H,7-8H2,1-2H3,(H2,13,14,16)/p+1. The zero-order chi connectivity index (χ0) is 12.0. The number of thiocarbonyl (C=S) groups is 1. The molecular weight excluding hydrogens is 242 g/mol. The third-order valence-corrected chi connectivity index (χ3v) is 2.51. The fourth-order valence-electron chi connectivity index (χ4n) is 1.13. The molecule has 0 aliphatic carbocycles. The quantitative estimate of drug-likeness (QED) is 0.697. The number of hydrogen-bond acceptors (Lipinski definition) is 1. The molecule has 0 bridgehead atoms. The van der Waals surface area contributed by atoms with E-state index < -0.39 is 0 Å². The van der Waals surface area contributed by atoms with Gasteiger partial charge in [-0.15, -0.1) is 0 Å². The maximum absolute atomic E-state index is 5.79. The largest absolute Gasteiger partial charge is 0.357 e. The lowest BCUT2D eigenvalue weighted by atomic mass is 10.3. The summed E-state index contributed by atoms with van der Waals surface area (Å²) >= 11 is 10.9. The smallest absolute Gasteiger partial charge is 0.170 e. The number of quaternary nitrogens is 1. The molecule has 0 aliphatic heterocycles. The van der Waals surface area contributed by atoms with Crippen LogP contribution >= 0.6 is 23.8 Å². The van der Waals surface area contributed by atoms with E-state index in [1.807, 2.05) is 24.3 Å². The normalized spacial score (nSPS) is 10.2. The number of likely N-dealkylation sites (N-methyl/N-ethyl adjacent to an activating group) is 1. The molecule has 1 aromatic rings. The second-order valence-corrected chi connectivity index (χ2v) is 4.69. The van der Waals surface area contributed by atoms with E-state index in [1.165, 1.54) is 4.90 Å². The number of benzene rings is 1. The van der Waals surface area contributed by atoms with Crippen LogP contribution in [-0.4, -0.2) is 32.3 Å². The molecule has 5 heteroatoms. The second kappa shape index (κ2) is 6.68. The Bertz CT molecular complexity index is 338. The molecule has 0 aromatic heterocycles. The van der Waals surface area contributed by atoms with Gasteiger partial charge in [0, 0.05) is 10.7 Å². The van der Waals surface area contributed by atoms with Crippen molar-refractivity contribution in [2.24, 2.45) is 0 Å². The van der Waals surface area contributed by atoms with Crippen LogP contribution in [0.1, 0.15) is 0 Å². The van der Waals surface area contributed by atoms with Gasteiger partial charge in [-0.25, -0.2) is 0 Å². The first kappa shape index (κ1) is 13.2. The van der Waals surface area contributed by atoms with Crippen LogP contribution in [0.5, 0.6) is 0 Å². The Morgan fingerprint density at radius 2 is 1.94 bits per heavy atom. The first-order chi connectivity index (χ1) is 7.58. The average molecular weight is 259 g/mol. The van der Waals surface area contributed by atoms with Gasteiger partial charge in [0.05, 0.1) is 27.2 Å². The number of halogens is 1. The summed E-state index contributed by atoms with van der Waals surface area (Å²) < 4.78 is 0. The second-order valence-electron chi connectivity index (χ2n) is 3.84. The fraction of sp³-hybridized carbons (Fsp3) is 0.364. The molecular formula is C11H17ClN3S+. The van der Waals surface area contributed by atoms with E-state index in [-0.39, 0.29) is 0 Å². The summed E-state index contributed by atoms with van der Waals surface area (Å²) in [5, 5.41) is 7.60. The molecule has 1 aromatic carbocycles. The van der Waals surface area contributed by atoms with E-state index in [9.17, 15) is 0 Å². The van der Waals surface area contributed by atoms with Gasteiger partial charge in [-0.05, 0) is 36.5 Å². The highest BCUT2D eigenvalue weighted by Gasteiger charge is 1.98. The van der Waals surface area contributed by atoms with Crippen molar-refractivity contribution < 1.29 is 4.90 Å². The molecule has 88 valence electrons. The van der Waals surface area contributed by atoms with E-state index in [0.29, 0.717) is 5.11 Å². The van der Waals surface area contributed by atoms with E-state index in [4.69, 9.17) is 23.8 Å². The highest BCUT2D eigenvalue weighted by atomic mass is 35.5. The molecule has 3 N–H and O–H groups in total. The highest BCUT2D eigenvalue weighted by molar-refractivity contribution is 7.80. The molecule has 0 fully saturated rings. The number of nitrogens with one attached hydrogen (secondary N) is 3. The van der Waals surface area contributed by atoms with Crippen molar-refractivity contribution in [2.45, 2.75) is 0 Å². The summed E-state index contributed by atoms with van der Waals surface area (Å²) in [5.41, 5.74) is 0.944. The molecule has 0 atom stereocenters. The minimum atomic E-state index is 0.642. The Balaban J connectivity index is 2.31. The van der Waals surface area contributed by atoms with E-state index in [0.717, 1.165) is 23.8 Å². The zero-order valence-electron chi connectivity index (χ0n) is 9.51. The third kappa shape index (κ3) is 5.30. The maximum Gasteiger partial charge on any atom is 0.170 e. The Hall–Kier alpha value is -0.840. The maximum atomic E-state index is 5.79. The van der Waals surface area contributed by atoms with Crippen LogP contribution in [0.3, 0.4) is 0 Å². The van der Waals surface area contributed by atoms with Gasteiger partial charge in [-0.1, -0.05) is 11.6 Å². The van der Waals surface area contributed by atoms with Gasteiger partial charge < -0.3 is 15.5 Å². The SMILES string of the molecule is C[NH+](C)CCNC(=S)Nc1ccc(Cl)cc1. The van der Waals surface area contributed by atoms with Crippen molar-refractivity contribution in [3.05, 3.63) is 29.3 Å². The predicted molar refractivity (Wildman–Crippen MR) is 73.4 cm³/mol. The van der Waals surface area contributed by atoms with Gasteiger partial charge in [-0.2, -0.15) is 0 Å². The first-order valence-electron chi connectivity index (χ1n) is 5.17. The Kier molecular flexibility index (Phi) is 5.52. The third-order valence-electron chi connectivity index (χ3n) is 2.01. The summed E-state index contributed by atoms with van der Waals surface area (Å²) in [6.45, 7) is 1.89. The van der Waals surface area contributed by atoms with Gasteiger partial charge >= 0.3 is 0 Å². The Morgan fingerprint density at radius 1 is 1.31 bits per heavy atom. The van der Waals surface area contributed by atoms with Crippen LogP contribution in [0.25, 0.3) is 0 Å². The lowest BCUT2D eigenvalue weighted by Gasteiger charge is -2.11. The van der Waals surface area contributed by atoms with Crippen molar-refractivity contribution in [3.8, 4) is 0 Å². The topological polar surface area (TPSA) is 28.5 Å². The molecule has 0 amide bonds. The summed E-state index contributed by atoms with van der Waals surface area (Å²) in [7, 11) is 4.22. The molecule has 0 saturated heterocycles. The highest BCUT2D eigenvalue weighted by Crippen LogP contribution is 2.12. The van der Waals surface area contributed by atoms with Crippen LogP contribution in [0.2, 0.25) is 5.02 Å². The number of rotatable bonds is 4. The number of hydrogen-bond donors (Lipinski definition) is 3. The first-order valence-corrected chi connectivity index (χ1v) is 5.96. The van der Waals surface area contributed by atoms with Gasteiger partial charge in [0.15, 0.2) is 5.11 Å². The lowest BCUT2D eigenvalue weighted by Crippen LogP contribution is -3.06. The molecule has 0 spiro atoms. The van der Waals surface area contributed by atoms with Gasteiger partial charge in [0.2, 0.25) is 0 Å². The molecule has 16 heavy (non-hydrogen) atoms. The molecule has 0 unspecified atom stereocenters. The van der Waals surface area contributed by atoms with Gasteiger partial charge in [0.25, 0.3) is 0 Å². The monoisotopic (exact) mass is 258 g/mol. The average Bonchev–Trinajstić information content (AvgIpc) is 2.21.